The number of aliphatic hydroxyl groups is 2. The number of nitrogens with zero attached hydrogens (tertiary/aromatic N) is 2. The van der Waals surface area contributed by atoms with Crippen molar-refractivity contribution in [2.45, 2.75) is 12.5 Å². The van der Waals surface area contributed by atoms with E-state index in [9.17, 15) is 23.1 Å². The number of hydrogen-bond acceptors (Lipinski definition) is 6. The van der Waals surface area contributed by atoms with Crippen molar-refractivity contribution in [2.24, 2.45) is 0 Å². The summed E-state index contributed by atoms with van der Waals surface area (Å²) in [6.45, 7) is -0.392. The van der Waals surface area contributed by atoms with Gasteiger partial charge in [-0.1, -0.05) is 6.07 Å². The zero-order valence-corrected chi connectivity index (χ0v) is 16.1. The predicted molar refractivity (Wildman–Crippen MR) is 105 cm³/mol. The Morgan fingerprint density at radius 2 is 1.84 bits per heavy atom. The number of pyridine rings is 2. The van der Waals surface area contributed by atoms with Gasteiger partial charge < -0.3 is 20.3 Å². The Morgan fingerprint density at radius 3 is 2.55 bits per heavy atom. The maximum Gasteiger partial charge on any atom is 0.277 e. The summed E-state index contributed by atoms with van der Waals surface area (Å²) in [7, 11) is 0. The van der Waals surface area contributed by atoms with Gasteiger partial charge in [0.1, 0.15) is 23.1 Å². The van der Waals surface area contributed by atoms with Crippen LogP contribution in [0.4, 0.5) is 18.9 Å². The van der Waals surface area contributed by atoms with Crippen LogP contribution < -0.4 is 10.1 Å². The van der Waals surface area contributed by atoms with E-state index in [2.05, 4.69) is 15.3 Å². The number of aliphatic hydroxyl groups excluding tert-OH is 2. The first kappa shape index (κ1) is 22.2. The number of carbonyl (C=O) groups is 1. The number of hydrogen-bond donors (Lipinski definition) is 3. The molecule has 31 heavy (non-hydrogen) atoms. The van der Waals surface area contributed by atoms with Crippen molar-refractivity contribution in [3.8, 4) is 17.0 Å². The Hall–Kier alpha value is -3.50. The molecule has 10 heteroatoms. The lowest BCUT2D eigenvalue weighted by Gasteiger charge is -2.13. The second-order valence-electron chi connectivity index (χ2n) is 6.42. The van der Waals surface area contributed by atoms with E-state index in [1.165, 1.54) is 24.5 Å². The highest BCUT2D eigenvalue weighted by atomic mass is 19.1. The molecule has 0 spiro atoms. The summed E-state index contributed by atoms with van der Waals surface area (Å²) in [4.78, 5) is 20.3. The molecule has 3 rings (SSSR count). The SMILES string of the molecule is O=C(Nc1cnccc1OCCC(O)CO)c1nc(-c2c(F)cccc2F)ccc1F. The maximum absolute atomic E-state index is 14.3. The van der Waals surface area contributed by atoms with E-state index in [-0.39, 0.29) is 30.2 Å². The summed E-state index contributed by atoms with van der Waals surface area (Å²) in [6, 6.07) is 6.62. The summed E-state index contributed by atoms with van der Waals surface area (Å²) in [5, 5.41) is 20.6. The number of anilines is 1. The van der Waals surface area contributed by atoms with Crippen molar-refractivity contribution in [2.75, 3.05) is 18.5 Å². The molecule has 1 aromatic carbocycles. The molecule has 2 heterocycles. The van der Waals surface area contributed by atoms with Crippen molar-refractivity contribution >= 4 is 11.6 Å². The fraction of sp³-hybridized carbons (Fsp3) is 0.190. The van der Waals surface area contributed by atoms with Crippen molar-refractivity contribution < 1.29 is 32.9 Å². The van der Waals surface area contributed by atoms with Gasteiger partial charge in [-0.05, 0) is 24.3 Å². The van der Waals surface area contributed by atoms with Crippen LogP contribution in [-0.2, 0) is 0 Å². The van der Waals surface area contributed by atoms with E-state index in [1.54, 1.807) is 0 Å². The van der Waals surface area contributed by atoms with Crippen LogP contribution in [0.2, 0.25) is 0 Å². The van der Waals surface area contributed by atoms with Gasteiger partial charge in [-0.2, -0.15) is 0 Å². The van der Waals surface area contributed by atoms with Crippen LogP contribution >= 0.6 is 0 Å². The Balaban J connectivity index is 1.83. The first-order valence-electron chi connectivity index (χ1n) is 9.18. The van der Waals surface area contributed by atoms with Gasteiger partial charge in [0.2, 0.25) is 0 Å². The van der Waals surface area contributed by atoms with Crippen LogP contribution in [0.15, 0.2) is 48.8 Å². The van der Waals surface area contributed by atoms with Crippen molar-refractivity contribution in [3.63, 3.8) is 0 Å². The number of aromatic nitrogens is 2. The van der Waals surface area contributed by atoms with Crippen LogP contribution in [0.3, 0.4) is 0 Å². The van der Waals surface area contributed by atoms with E-state index >= 15 is 0 Å². The van der Waals surface area contributed by atoms with Crippen molar-refractivity contribution in [1.82, 2.24) is 9.97 Å². The molecule has 0 bridgehead atoms. The lowest BCUT2D eigenvalue weighted by atomic mass is 10.1. The Bertz CT molecular complexity index is 1060. The fourth-order valence-electron chi connectivity index (χ4n) is 2.66. The van der Waals surface area contributed by atoms with Gasteiger partial charge in [0.25, 0.3) is 5.91 Å². The third kappa shape index (κ3) is 5.36. The van der Waals surface area contributed by atoms with Crippen molar-refractivity contribution in [3.05, 3.63) is 71.9 Å². The average Bonchev–Trinajstić information content (AvgIpc) is 2.75. The van der Waals surface area contributed by atoms with Gasteiger partial charge in [-0.25, -0.2) is 18.2 Å². The second-order valence-corrected chi connectivity index (χ2v) is 6.42. The molecule has 0 fully saturated rings. The third-order valence-corrected chi connectivity index (χ3v) is 4.23. The second kappa shape index (κ2) is 10.0. The highest BCUT2D eigenvalue weighted by Gasteiger charge is 2.20. The summed E-state index contributed by atoms with van der Waals surface area (Å²) < 4.78 is 47.8. The zero-order valence-electron chi connectivity index (χ0n) is 16.1. The number of carbonyl (C=O) groups excluding carboxylic acids is 1. The minimum atomic E-state index is -0.990. The molecule has 0 aliphatic carbocycles. The van der Waals surface area contributed by atoms with Gasteiger partial charge in [0, 0.05) is 18.7 Å². The molecule has 7 nitrogen and oxygen atoms in total. The van der Waals surface area contributed by atoms with Gasteiger partial charge in [0.15, 0.2) is 11.5 Å². The van der Waals surface area contributed by atoms with Crippen LogP contribution in [0.25, 0.3) is 11.3 Å². The maximum atomic E-state index is 14.3. The minimum Gasteiger partial charge on any atom is -0.491 e. The summed E-state index contributed by atoms with van der Waals surface area (Å²) in [5.41, 5.74) is -1.31. The molecule has 1 amide bonds. The van der Waals surface area contributed by atoms with Crippen LogP contribution in [0.1, 0.15) is 16.9 Å². The highest BCUT2D eigenvalue weighted by molar-refractivity contribution is 6.04. The Labute approximate surface area is 175 Å². The smallest absolute Gasteiger partial charge is 0.277 e. The third-order valence-electron chi connectivity index (χ3n) is 4.23. The molecule has 0 saturated carbocycles. The Kier molecular flexibility index (Phi) is 7.16. The molecule has 0 saturated heterocycles. The van der Waals surface area contributed by atoms with Crippen molar-refractivity contribution in [1.29, 1.82) is 0 Å². The van der Waals surface area contributed by atoms with E-state index in [4.69, 9.17) is 9.84 Å². The van der Waals surface area contributed by atoms with Gasteiger partial charge >= 0.3 is 0 Å². The van der Waals surface area contributed by atoms with Crippen LogP contribution in [-0.4, -0.2) is 45.4 Å². The van der Waals surface area contributed by atoms with E-state index in [1.807, 2.05) is 0 Å². The molecule has 1 unspecified atom stereocenters. The molecule has 3 aromatic rings. The lowest BCUT2D eigenvalue weighted by Crippen LogP contribution is -2.18. The first-order chi connectivity index (χ1) is 14.9. The summed E-state index contributed by atoms with van der Waals surface area (Å²) in [6.07, 6.45) is 1.83. The molecule has 0 aliphatic heterocycles. The predicted octanol–water partition coefficient (Wildman–Crippen LogP) is 2.94. The molecule has 162 valence electrons. The fourth-order valence-corrected chi connectivity index (χ4v) is 2.66. The standard InChI is InChI=1S/C21H18F3N3O4/c22-13-2-1-3-14(23)19(13)16-5-4-15(24)20(26-16)21(30)27-17-10-25-8-6-18(17)31-9-7-12(29)11-28/h1-6,8,10,12,28-29H,7,9,11H2,(H,27,30). The molecule has 0 aliphatic rings. The van der Waals surface area contributed by atoms with Gasteiger partial charge in [0.05, 0.1) is 36.8 Å². The molecule has 3 N–H and O–H groups in total. The van der Waals surface area contributed by atoms with Crippen LogP contribution in [0.5, 0.6) is 5.75 Å². The Morgan fingerprint density at radius 1 is 1.10 bits per heavy atom. The number of amides is 1. The molecule has 1 atom stereocenters. The summed E-state index contributed by atoms with van der Waals surface area (Å²) in [5.74, 6) is -3.60. The zero-order chi connectivity index (χ0) is 22.4. The van der Waals surface area contributed by atoms with E-state index < -0.39 is 47.3 Å². The number of rotatable bonds is 8. The largest absolute Gasteiger partial charge is 0.491 e. The van der Waals surface area contributed by atoms with Crippen LogP contribution in [0, 0.1) is 17.5 Å². The average molecular weight is 433 g/mol. The summed E-state index contributed by atoms with van der Waals surface area (Å²) >= 11 is 0. The minimum absolute atomic E-state index is 0.0310. The first-order valence-corrected chi connectivity index (χ1v) is 9.18. The lowest BCUT2D eigenvalue weighted by molar-refractivity contribution is 0.0754. The van der Waals surface area contributed by atoms with Gasteiger partial charge in [-0.3, -0.25) is 9.78 Å². The molecule has 0 radical (unpaired) electrons. The number of halogens is 3. The van der Waals surface area contributed by atoms with E-state index in [0.717, 1.165) is 24.3 Å². The number of ether oxygens (including phenoxy) is 1. The topological polar surface area (TPSA) is 105 Å². The molecular formula is C21H18F3N3O4. The molecular weight excluding hydrogens is 415 g/mol. The number of nitrogens with one attached hydrogen (secondary N) is 1. The van der Waals surface area contributed by atoms with Gasteiger partial charge in [-0.15, -0.1) is 0 Å². The highest BCUT2D eigenvalue weighted by Crippen LogP contribution is 2.27. The molecule has 2 aromatic heterocycles. The number of benzene rings is 1. The quantitative estimate of drug-likeness (QED) is 0.505. The van der Waals surface area contributed by atoms with E-state index in [0.29, 0.717) is 0 Å². The normalized spacial score (nSPS) is 11.8. The monoisotopic (exact) mass is 433 g/mol.